The van der Waals surface area contributed by atoms with Gasteiger partial charge in [-0.15, -0.1) is 0 Å². The lowest BCUT2D eigenvalue weighted by molar-refractivity contribution is -0.120. The molecule has 1 aliphatic heterocycles. The smallest absolute Gasteiger partial charge is 0.227 e. The zero-order valence-corrected chi connectivity index (χ0v) is 16.3. The minimum absolute atomic E-state index is 0.0168. The molecule has 2 aromatic heterocycles. The normalized spacial score (nSPS) is 14.7. The Hall–Kier alpha value is -3.81. The summed E-state index contributed by atoms with van der Waals surface area (Å²) in [5.41, 5.74) is 0.869. The van der Waals surface area contributed by atoms with Crippen molar-refractivity contribution in [2.24, 2.45) is 5.92 Å². The topological polar surface area (TPSA) is 88.8 Å². The Bertz CT molecular complexity index is 1160. The predicted molar refractivity (Wildman–Crippen MR) is 114 cm³/mol. The van der Waals surface area contributed by atoms with Crippen LogP contribution in [0.3, 0.4) is 0 Å². The molecule has 30 heavy (non-hydrogen) atoms. The summed E-state index contributed by atoms with van der Waals surface area (Å²) in [4.78, 5) is 27.7. The maximum absolute atomic E-state index is 12.9. The Kier molecular flexibility index (Phi) is 4.80. The SMILES string of the molecule is O=C(Nc1cccc2ccccc12)C1CCN(c2cc(-n3cncn3)ncn2)CC1. The second-order valence-corrected chi connectivity index (χ2v) is 7.35. The number of benzene rings is 2. The highest BCUT2D eigenvalue weighted by Gasteiger charge is 2.26. The van der Waals surface area contributed by atoms with Gasteiger partial charge < -0.3 is 10.2 Å². The van der Waals surface area contributed by atoms with Gasteiger partial charge in [0.05, 0.1) is 0 Å². The van der Waals surface area contributed by atoms with Crippen LogP contribution in [-0.4, -0.2) is 43.7 Å². The molecule has 0 saturated carbocycles. The molecule has 1 amide bonds. The third kappa shape index (κ3) is 3.59. The lowest BCUT2D eigenvalue weighted by Crippen LogP contribution is -2.38. The average Bonchev–Trinajstić information content (AvgIpc) is 3.35. The molecule has 0 bridgehead atoms. The van der Waals surface area contributed by atoms with Gasteiger partial charge in [-0.25, -0.2) is 19.6 Å². The quantitative estimate of drug-likeness (QED) is 0.567. The molecule has 8 nitrogen and oxygen atoms in total. The fraction of sp³-hybridized carbons (Fsp3) is 0.227. The van der Waals surface area contributed by atoms with Gasteiger partial charge in [0.15, 0.2) is 5.82 Å². The molecule has 0 unspecified atom stereocenters. The summed E-state index contributed by atoms with van der Waals surface area (Å²) in [5, 5.41) is 9.43. The van der Waals surface area contributed by atoms with Crippen LogP contribution < -0.4 is 10.2 Å². The Morgan fingerprint density at radius 3 is 2.60 bits per heavy atom. The van der Waals surface area contributed by atoms with E-state index in [0.29, 0.717) is 5.82 Å². The van der Waals surface area contributed by atoms with Crippen LogP contribution in [0, 0.1) is 5.92 Å². The molecule has 1 saturated heterocycles. The first-order valence-corrected chi connectivity index (χ1v) is 9.98. The van der Waals surface area contributed by atoms with Crippen LogP contribution in [0.1, 0.15) is 12.8 Å². The second-order valence-electron chi connectivity index (χ2n) is 7.35. The third-order valence-corrected chi connectivity index (χ3v) is 5.53. The van der Waals surface area contributed by atoms with Gasteiger partial charge in [0.1, 0.15) is 24.8 Å². The van der Waals surface area contributed by atoms with Gasteiger partial charge in [0.25, 0.3) is 0 Å². The highest BCUT2D eigenvalue weighted by Crippen LogP contribution is 2.26. The second kappa shape index (κ2) is 7.90. The Morgan fingerprint density at radius 1 is 0.967 bits per heavy atom. The highest BCUT2D eigenvalue weighted by atomic mass is 16.1. The number of aromatic nitrogens is 5. The van der Waals surface area contributed by atoms with Gasteiger partial charge in [-0.2, -0.15) is 5.10 Å². The third-order valence-electron chi connectivity index (χ3n) is 5.53. The van der Waals surface area contributed by atoms with Crippen LogP contribution in [0.15, 0.2) is 67.5 Å². The molecule has 1 N–H and O–H groups in total. The van der Waals surface area contributed by atoms with Crippen LogP contribution in [0.4, 0.5) is 11.5 Å². The minimum atomic E-state index is -0.0168. The Labute approximate surface area is 173 Å². The molecule has 4 aromatic rings. The van der Waals surface area contributed by atoms with Crippen molar-refractivity contribution >= 4 is 28.2 Å². The molecule has 0 aliphatic carbocycles. The minimum Gasteiger partial charge on any atom is -0.356 e. The van der Waals surface area contributed by atoms with E-state index in [1.54, 1.807) is 11.0 Å². The van der Waals surface area contributed by atoms with Crippen molar-refractivity contribution in [3.63, 3.8) is 0 Å². The van der Waals surface area contributed by atoms with Gasteiger partial charge in [0.2, 0.25) is 5.91 Å². The lowest BCUT2D eigenvalue weighted by atomic mass is 9.95. The van der Waals surface area contributed by atoms with E-state index in [2.05, 4.69) is 42.4 Å². The van der Waals surface area contributed by atoms with Gasteiger partial charge in [0, 0.05) is 36.1 Å². The molecule has 1 fully saturated rings. The molecule has 1 aliphatic rings. The number of anilines is 2. The van der Waals surface area contributed by atoms with Crippen molar-refractivity contribution in [1.29, 1.82) is 0 Å². The predicted octanol–water partition coefficient (Wildman–Crippen LogP) is 3.07. The lowest BCUT2D eigenvalue weighted by Gasteiger charge is -2.32. The van der Waals surface area contributed by atoms with Crippen molar-refractivity contribution in [3.8, 4) is 5.82 Å². The molecule has 5 rings (SSSR count). The largest absolute Gasteiger partial charge is 0.356 e. The van der Waals surface area contributed by atoms with E-state index >= 15 is 0 Å². The van der Waals surface area contributed by atoms with E-state index < -0.39 is 0 Å². The number of carbonyl (C=O) groups is 1. The molecule has 0 atom stereocenters. The van der Waals surface area contributed by atoms with Crippen LogP contribution >= 0.6 is 0 Å². The van der Waals surface area contributed by atoms with E-state index in [1.165, 1.54) is 12.7 Å². The summed E-state index contributed by atoms with van der Waals surface area (Å²) < 4.78 is 1.61. The van der Waals surface area contributed by atoms with Gasteiger partial charge in [-0.05, 0) is 24.3 Å². The first-order chi connectivity index (χ1) is 14.8. The average molecular weight is 399 g/mol. The van der Waals surface area contributed by atoms with E-state index in [9.17, 15) is 4.79 Å². The summed E-state index contributed by atoms with van der Waals surface area (Å²) >= 11 is 0. The number of rotatable bonds is 4. The monoisotopic (exact) mass is 399 g/mol. The van der Waals surface area contributed by atoms with Gasteiger partial charge >= 0.3 is 0 Å². The van der Waals surface area contributed by atoms with Gasteiger partial charge in [-0.3, -0.25) is 4.79 Å². The van der Waals surface area contributed by atoms with Crippen molar-refractivity contribution in [2.45, 2.75) is 12.8 Å². The molecule has 8 heteroatoms. The number of nitrogens with one attached hydrogen (secondary N) is 1. The molecule has 150 valence electrons. The van der Waals surface area contributed by atoms with Crippen molar-refractivity contribution in [2.75, 3.05) is 23.3 Å². The first kappa shape index (κ1) is 18.2. The molecule has 0 spiro atoms. The molecule has 2 aromatic carbocycles. The fourth-order valence-corrected chi connectivity index (χ4v) is 3.90. The molecular formula is C22H21N7O. The van der Waals surface area contributed by atoms with E-state index in [0.717, 1.165) is 48.2 Å². The molecular weight excluding hydrogens is 378 g/mol. The molecule has 3 heterocycles. The van der Waals surface area contributed by atoms with Crippen LogP contribution in [0.5, 0.6) is 0 Å². The summed E-state index contributed by atoms with van der Waals surface area (Å²) in [6.45, 7) is 1.53. The van der Waals surface area contributed by atoms with Crippen molar-refractivity contribution in [1.82, 2.24) is 24.7 Å². The van der Waals surface area contributed by atoms with E-state index in [1.807, 2.05) is 36.4 Å². The molecule has 0 radical (unpaired) electrons. The first-order valence-electron chi connectivity index (χ1n) is 9.98. The maximum Gasteiger partial charge on any atom is 0.227 e. The number of carbonyl (C=O) groups excluding carboxylic acids is 1. The number of hydrogen-bond acceptors (Lipinski definition) is 6. The summed E-state index contributed by atoms with van der Waals surface area (Å²) in [7, 11) is 0. The zero-order valence-electron chi connectivity index (χ0n) is 16.3. The summed E-state index contributed by atoms with van der Waals surface area (Å²) in [6, 6.07) is 16.0. The number of fused-ring (bicyclic) bond motifs is 1. The van der Waals surface area contributed by atoms with E-state index in [4.69, 9.17) is 0 Å². The van der Waals surface area contributed by atoms with Crippen LogP contribution in [-0.2, 0) is 4.79 Å². The summed E-state index contributed by atoms with van der Waals surface area (Å²) in [6.07, 6.45) is 6.17. The maximum atomic E-state index is 12.9. The van der Waals surface area contributed by atoms with Crippen molar-refractivity contribution in [3.05, 3.63) is 67.5 Å². The number of amides is 1. The zero-order chi connectivity index (χ0) is 20.3. The number of piperidine rings is 1. The van der Waals surface area contributed by atoms with Gasteiger partial charge in [-0.1, -0.05) is 36.4 Å². The summed E-state index contributed by atoms with van der Waals surface area (Å²) in [5.74, 6) is 1.57. The number of hydrogen-bond donors (Lipinski definition) is 1. The van der Waals surface area contributed by atoms with Crippen LogP contribution in [0.25, 0.3) is 16.6 Å². The van der Waals surface area contributed by atoms with Crippen LogP contribution in [0.2, 0.25) is 0 Å². The Balaban J connectivity index is 1.25. The van der Waals surface area contributed by atoms with E-state index in [-0.39, 0.29) is 11.8 Å². The standard InChI is InChI=1S/C22H21N7O/c30-22(27-19-7-3-5-16-4-1-2-6-18(16)19)17-8-10-28(11-9-17)20-12-21(25-14-24-20)29-15-23-13-26-29/h1-7,12-15,17H,8-11H2,(H,27,30). The highest BCUT2D eigenvalue weighted by molar-refractivity contribution is 6.02. The van der Waals surface area contributed by atoms with Crippen molar-refractivity contribution < 1.29 is 4.79 Å². The Morgan fingerprint density at radius 2 is 1.77 bits per heavy atom. The fourth-order valence-electron chi connectivity index (χ4n) is 3.90. The number of nitrogens with zero attached hydrogens (tertiary/aromatic N) is 6.